The summed E-state index contributed by atoms with van der Waals surface area (Å²) in [6.07, 6.45) is 1.78. The molecule has 0 spiro atoms. The van der Waals surface area contributed by atoms with E-state index < -0.39 is 17.8 Å². The molecule has 1 amide bonds. The van der Waals surface area contributed by atoms with Gasteiger partial charge in [-0.25, -0.2) is 4.39 Å². The molecule has 2 aliphatic rings. The summed E-state index contributed by atoms with van der Waals surface area (Å²) < 4.78 is 13.8. The summed E-state index contributed by atoms with van der Waals surface area (Å²) in [5.41, 5.74) is 0.438. The second-order valence-corrected chi connectivity index (χ2v) is 6.13. The number of rotatable bonds is 4. The molecule has 0 bridgehead atoms. The van der Waals surface area contributed by atoms with Gasteiger partial charge in [-0.2, -0.15) is 0 Å². The monoisotopic (exact) mass is 311 g/mol. The maximum Gasteiger partial charge on any atom is 0.307 e. The molecule has 1 aromatic carbocycles. The molecular formula is C15H15ClFNO3. The van der Waals surface area contributed by atoms with Gasteiger partial charge in [-0.1, -0.05) is 17.7 Å². The van der Waals surface area contributed by atoms with Crippen molar-refractivity contribution in [3.8, 4) is 0 Å². The van der Waals surface area contributed by atoms with Crippen LogP contribution in [0.2, 0.25) is 5.02 Å². The van der Waals surface area contributed by atoms with Gasteiger partial charge < -0.3 is 10.4 Å². The fourth-order valence-corrected chi connectivity index (χ4v) is 3.24. The summed E-state index contributed by atoms with van der Waals surface area (Å²) >= 11 is 6.00. The molecule has 21 heavy (non-hydrogen) atoms. The zero-order valence-corrected chi connectivity index (χ0v) is 11.9. The van der Waals surface area contributed by atoms with E-state index in [1.165, 1.54) is 6.07 Å². The van der Waals surface area contributed by atoms with Crippen molar-refractivity contribution in [1.82, 2.24) is 5.32 Å². The predicted molar refractivity (Wildman–Crippen MR) is 74.5 cm³/mol. The van der Waals surface area contributed by atoms with Gasteiger partial charge in [0.05, 0.1) is 11.8 Å². The summed E-state index contributed by atoms with van der Waals surface area (Å²) in [5, 5.41) is 12.1. The number of hydrogen-bond donors (Lipinski definition) is 2. The van der Waals surface area contributed by atoms with Crippen molar-refractivity contribution in [3.05, 3.63) is 34.6 Å². The van der Waals surface area contributed by atoms with E-state index in [1.807, 2.05) is 0 Å². The van der Waals surface area contributed by atoms with Gasteiger partial charge in [0.25, 0.3) is 0 Å². The van der Waals surface area contributed by atoms with Crippen molar-refractivity contribution in [2.45, 2.75) is 31.2 Å². The Balaban J connectivity index is 1.62. The zero-order chi connectivity index (χ0) is 15.1. The maximum atomic E-state index is 13.8. The Labute approximate surface area is 126 Å². The highest BCUT2D eigenvalue weighted by atomic mass is 35.5. The van der Waals surface area contributed by atoms with E-state index in [1.54, 1.807) is 12.1 Å². The van der Waals surface area contributed by atoms with Crippen molar-refractivity contribution in [2.24, 2.45) is 11.8 Å². The van der Waals surface area contributed by atoms with Gasteiger partial charge in [-0.05, 0) is 31.4 Å². The highest BCUT2D eigenvalue weighted by Gasteiger charge is 2.46. The Hall–Kier alpha value is -1.62. The second kappa shape index (κ2) is 5.30. The molecule has 0 heterocycles. The number of amides is 1. The first-order valence-corrected chi connectivity index (χ1v) is 7.34. The number of carbonyl (C=O) groups excluding carboxylic acids is 1. The number of halogens is 2. The molecule has 2 saturated carbocycles. The normalized spacial score (nSPS) is 30.4. The summed E-state index contributed by atoms with van der Waals surface area (Å²) in [4.78, 5) is 23.0. The zero-order valence-electron chi connectivity index (χ0n) is 11.2. The van der Waals surface area contributed by atoms with Gasteiger partial charge >= 0.3 is 5.97 Å². The van der Waals surface area contributed by atoms with Gasteiger partial charge in [0.1, 0.15) is 5.82 Å². The Morgan fingerprint density at radius 3 is 2.57 bits per heavy atom. The lowest BCUT2D eigenvalue weighted by molar-refractivity contribution is -0.152. The first-order valence-electron chi connectivity index (χ1n) is 6.96. The number of aliphatic carboxylic acids is 1. The van der Waals surface area contributed by atoms with Crippen LogP contribution in [0.4, 0.5) is 4.39 Å². The number of carboxylic acid groups (broad SMARTS) is 1. The van der Waals surface area contributed by atoms with Gasteiger partial charge in [0.2, 0.25) is 5.91 Å². The topological polar surface area (TPSA) is 66.4 Å². The van der Waals surface area contributed by atoms with Crippen LogP contribution >= 0.6 is 11.6 Å². The third-order valence-electron chi connectivity index (χ3n) is 4.42. The highest BCUT2D eigenvalue weighted by Crippen LogP contribution is 2.45. The van der Waals surface area contributed by atoms with Crippen LogP contribution in [0.15, 0.2) is 18.2 Å². The van der Waals surface area contributed by atoms with E-state index in [0.717, 1.165) is 0 Å². The molecule has 6 heteroatoms. The van der Waals surface area contributed by atoms with Crippen LogP contribution in [0, 0.1) is 17.7 Å². The lowest BCUT2D eigenvalue weighted by Gasteiger charge is -2.32. The summed E-state index contributed by atoms with van der Waals surface area (Å²) in [6.45, 7) is 0. The van der Waals surface area contributed by atoms with E-state index in [0.29, 0.717) is 29.8 Å². The van der Waals surface area contributed by atoms with E-state index in [-0.39, 0.29) is 23.7 Å². The highest BCUT2D eigenvalue weighted by molar-refractivity contribution is 6.31. The summed E-state index contributed by atoms with van der Waals surface area (Å²) in [7, 11) is 0. The smallest absolute Gasteiger partial charge is 0.307 e. The van der Waals surface area contributed by atoms with Gasteiger partial charge in [-0.15, -0.1) is 0 Å². The fraction of sp³-hybridized carbons (Fsp3) is 0.467. The maximum absolute atomic E-state index is 13.8. The molecule has 0 aliphatic heterocycles. The summed E-state index contributed by atoms with van der Waals surface area (Å²) in [5.74, 6) is -2.69. The molecule has 4 nitrogen and oxygen atoms in total. The van der Waals surface area contributed by atoms with Crippen molar-refractivity contribution < 1.29 is 19.1 Å². The predicted octanol–water partition coefficient (Wildman–Crippen LogP) is 2.56. The largest absolute Gasteiger partial charge is 0.481 e. The molecule has 2 fully saturated rings. The lowest BCUT2D eigenvalue weighted by Crippen LogP contribution is -2.44. The minimum absolute atomic E-state index is 0.119. The van der Waals surface area contributed by atoms with E-state index in [4.69, 9.17) is 16.7 Å². The Bertz CT molecular complexity index is 586. The molecule has 4 unspecified atom stereocenters. The van der Waals surface area contributed by atoms with Gasteiger partial charge in [0, 0.05) is 22.5 Å². The molecule has 2 aliphatic carbocycles. The van der Waals surface area contributed by atoms with Crippen LogP contribution in [0.3, 0.4) is 0 Å². The minimum Gasteiger partial charge on any atom is -0.481 e. The molecule has 1 aromatic rings. The van der Waals surface area contributed by atoms with E-state index in [2.05, 4.69) is 5.32 Å². The third kappa shape index (κ3) is 2.62. The Morgan fingerprint density at radius 2 is 2.00 bits per heavy atom. The van der Waals surface area contributed by atoms with Crippen molar-refractivity contribution in [1.29, 1.82) is 0 Å². The van der Waals surface area contributed by atoms with Crippen LogP contribution in [-0.2, 0) is 9.59 Å². The number of benzene rings is 1. The van der Waals surface area contributed by atoms with Crippen LogP contribution in [0.25, 0.3) is 0 Å². The standard InChI is InChI=1S/C15H15ClFNO3/c16-10-2-1-3-11(17)13(10)9-6-12(9)18-14(19)7-4-5-8(7)15(20)21/h1-3,7-9,12H,4-6H2,(H,18,19)(H,20,21). The first-order chi connectivity index (χ1) is 9.99. The lowest BCUT2D eigenvalue weighted by atomic mass is 9.73. The molecule has 4 atom stereocenters. The molecule has 3 rings (SSSR count). The number of carbonyl (C=O) groups is 2. The number of carboxylic acids is 1. The molecule has 112 valence electrons. The SMILES string of the molecule is O=C(O)C1CCC1C(=O)NC1CC1c1c(F)cccc1Cl. The number of nitrogens with one attached hydrogen (secondary N) is 1. The minimum atomic E-state index is -0.925. The van der Waals surface area contributed by atoms with E-state index in [9.17, 15) is 14.0 Å². The van der Waals surface area contributed by atoms with Crippen molar-refractivity contribution >= 4 is 23.5 Å². The van der Waals surface area contributed by atoms with Gasteiger partial charge in [-0.3, -0.25) is 9.59 Å². The average molecular weight is 312 g/mol. The van der Waals surface area contributed by atoms with Gasteiger partial charge in [0.15, 0.2) is 0 Å². The second-order valence-electron chi connectivity index (χ2n) is 5.72. The molecular weight excluding hydrogens is 297 g/mol. The van der Waals surface area contributed by atoms with E-state index >= 15 is 0 Å². The number of hydrogen-bond acceptors (Lipinski definition) is 2. The third-order valence-corrected chi connectivity index (χ3v) is 4.75. The Morgan fingerprint density at radius 1 is 1.29 bits per heavy atom. The summed E-state index contributed by atoms with van der Waals surface area (Å²) in [6, 6.07) is 4.37. The average Bonchev–Trinajstić information content (AvgIpc) is 3.05. The molecule has 0 aromatic heterocycles. The fourth-order valence-electron chi connectivity index (χ4n) is 2.94. The van der Waals surface area contributed by atoms with Crippen LogP contribution < -0.4 is 5.32 Å². The van der Waals surface area contributed by atoms with Crippen molar-refractivity contribution in [2.75, 3.05) is 0 Å². The molecule has 0 radical (unpaired) electrons. The Kier molecular flexibility index (Phi) is 3.61. The quantitative estimate of drug-likeness (QED) is 0.898. The van der Waals surface area contributed by atoms with Crippen molar-refractivity contribution in [3.63, 3.8) is 0 Å². The molecule has 2 N–H and O–H groups in total. The van der Waals surface area contributed by atoms with Crippen LogP contribution in [0.5, 0.6) is 0 Å². The van der Waals surface area contributed by atoms with Crippen LogP contribution in [0.1, 0.15) is 30.7 Å². The molecule has 0 saturated heterocycles. The van der Waals surface area contributed by atoms with Crippen LogP contribution in [-0.4, -0.2) is 23.0 Å². The first kappa shape index (κ1) is 14.3.